The standard InChI is InChI=1S/C24H24N6O2/c1-29-9-11-30(12-10-29)24(31)20-8-7-16(14-25-20)17-13-19-22(27-28-23(19)26-15-17)18-5-3-4-6-21(18)32-2/h3-8,13-15H,9-12H2,1-2H3,(H,26,27,28). The average molecular weight is 428 g/mol. The van der Waals surface area contributed by atoms with Gasteiger partial charge < -0.3 is 14.5 Å². The summed E-state index contributed by atoms with van der Waals surface area (Å²) in [5, 5.41) is 8.35. The Hall–Kier alpha value is -3.78. The van der Waals surface area contributed by atoms with E-state index in [1.165, 1.54) is 0 Å². The number of carbonyl (C=O) groups excluding carboxylic acids is 1. The zero-order valence-electron chi connectivity index (χ0n) is 18.1. The van der Waals surface area contributed by atoms with Gasteiger partial charge in [0, 0.05) is 60.6 Å². The van der Waals surface area contributed by atoms with Crippen molar-refractivity contribution >= 4 is 16.9 Å². The van der Waals surface area contributed by atoms with Crippen LogP contribution in [0.2, 0.25) is 0 Å². The molecule has 0 spiro atoms. The predicted octanol–water partition coefficient (Wildman–Crippen LogP) is 3.08. The van der Waals surface area contributed by atoms with Crippen LogP contribution in [0.1, 0.15) is 10.5 Å². The number of hydrogen-bond acceptors (Lipinski definition) is 6. The number of nitrogens with zero attached hydrogens (tertiary/aromatic N) is 5. The number of aromatic nitrogens is 4. The van der Waals surface area contributed by atoms with Gasteiger partial charge in [-0.3, -0.25) is 14.9 Å². The molecule has 1 fully saturated rings. The molecule has 1 aliphatic rings. The normalized spacial score (nSPS) is 14.6. The molecule has 0 saturated carbocycles. The van der Waals surface area contributed by atoms with Crippen LogP contribution in [0.15, 0.2) is 54.9 Å². The molecule has 0 atom stereocenters. The second-order valence-electron chi connectivity index (χ2n) is 7.92. The number of amides is 1. The third-order valence-corrected chi connectivity index (χ3v) is 5.88. The molecular formula is C24H24N6O2. The minimum absolute atomic E-state index is 0.0217. The first-order chi connectivity index (χ1) is 15.6. The number of piperazine rings is 1. The summed E-state index contributed by atoms with van der Waals surface area (Å²) in [5.74, 6) is 0.728. The van der Waals surface area contributed by atoms with Crippen molar-refractivity contribution in [2.45, 2.75) is 0 Å². The summed E-state index contributed by atoms with van der Waals surface area (Å²) in [6.07, 6.45) is 3.51. The number of pyridine rings is 2. The Morgan fingerprint density at radius 2 is 1.78 bits per heavy atom. The molecule has 8 nitrogen and oxygen atoms in total. The molecule has 5 rings (SSSR count). The highest BCUT2D eigenvalue weighted by molar-refractivity contribution is 5.95. The highest BCUT2D eigenvalue weighted by Gasteiger charge is 2.21. The third-order valence-electron chi connectivity index (χ3n) is 5.88. The van der Waals surface area contributed by atoms with Crippen molar-refractivity contribution < 1.29 is 9.53 Å². The first kappa shape index (κ1) is 20.1. The summed E-state index contributed by atoms with van der Waals surface area (Å²) in [4.78, 5) is 25.8. The molecule has 1 aliphatic heterocycles. The number of ether oxygens (including phenoxy) is 1. The number of rotatable bonds is 4. The van der Waals surface area contributed by atoms with Crippen LogP contribution in [0.4, 0.5) is 0 Å². The number of nitrogens with one attached hydrogen (secondary N) is 1. The summed E-state index contributed by atoms with van der Waals surface area (Å²) >= 11 is 0. The Balaban J connectivity index is 1.44. The van der Waals surface area contributed by atoms with Gasteiger partial charge in [0.1, 0.15) is 17.1 Å². The van der Waals surface area contributed by atoms with Crippen molar-refractivity contribution in [2.24, 2.45) is 0 Å². The van der Waals surface area contributed by atoms with Gasteiger partial charge in [-0.05, 0) is 31.3 Å². The number of aromatic amines is 1. The average Bonchev–Trinajstić information content (AvgIpc) is 3.27. The molecule has 1 aromatic carbocycles. The first-order valence-corrected chi connectivity index (χ1v) is 10.6. The number of likely N-dealkylation sites (N-methyl/N-ethyl adjacent to an activating group) is 1. The zero-order chi connectivity index (χ0) is 22.1. The van der Waals surface area contributed by atoms with Gasteiger partial charge in [-0.25, -0.2) is 4.98 Å². The summed E-state index contributed by atoms with van der Waals surface area (Å²) in [6, 6.07) is 13.5. The Morgan fingerprint density at radius 3 is 2.53 bits per heavy atom. The number of para-hydroxylation sites is 1. The van der Waals surface area contributed by atoms with Gasteiger partial charge in [-0.15, -0.1) is 0 Å². The van der Waals surface area contributed by atoms with Crippen molar-refractivity contribution in [2.75, 3.05) is 40.3 Å². The molecule has 8 heteroatoms. The molecule has 3 aromatic heterocycles. The van der Waals surface area contributed by atoms with Gasteiger partial charge in [0.05, 0.1) is 7.11 Å². The third kappa shape index (κ3) is 3.69. The van der Waals surface area contributed by atoms with Gasteiger partial charge >= 0.3 is 0 Å². The van der Waals surface area contributed by atoms with E-state index in [0.717, 1.165) is 59.7 Å². The topological polar surface area (TPSA) is 87.2 Å². The highest BCUT2D eigenvalue weighted by atomic mass is 16.5. The molecule has 4 aromatic rings. The SMILES string of the molecule is COc1ccccc1-c1n[nH]c2ncc(-c3ccc(C(=O)N4CCN(C)CC4)nc3)cc12. The van der Waals surface area contributed by atoms with Crippen LogP contribution in [0.25, 0.3) is 33.4 Å². The van der Waals surface area contributed by atoms with Gasteiger partial charge in [-0.1, -0.05) is 18.2 Å². The van der Waals surface area contributed by atoms with Gasteiger partial charge in [0.25, 0.3) is 5.91 Å². The molecule has 32 heavy (non-hydrogen) atoms. The van der Waals surface area contributed by atoms with Crippen molar-refractivity contribution in [3.63, 3.8) is 0 Å². The highest BCUT2D eigenvalue weighted by Crippen LogP contribution is 2.34. The van der Waals surface area contributed by atoms with E-state index in [1.807, 2.05) is 41.3 Å². The molecule has 0 bridgehead atoms. The minimum Gasteiger partial charge on any atom is -0.496 e. The second-order valence-corrected chi connectivity index (χ2v) is 7.92. The lowest BCUT2D eigenvalue weighted by molar-refractivity contribution is 0.0658. The number of H-pyrrole nitrogens is 1. The maximum atomic E-state index is 12.8. The zero-order valence-corrected chi connectivity index (χ0v) is 18.1. The molecule has 0 radical (unpaired) electrons. The molecular weight excluding hydrogens is 404 g/mol. The summed E-state index contributed by atoms with van der Waals surface area (Å²) in [5.41, 5.74) is 4.63. The number of carbonyl (C=O) groups is 1. The van der Waals surface area contributed by atoms with E-state index in [0.29, 0.717) is 11.3 Å². The van der Waals surface area contributed by atoms with Crippen LogP contribution in [-0.2, 0) is 0 Å². The van der Waals surface area contributed by atoms with Gasteiger partial charge in [0.2, 0.25) is 0 Å². The minimum atomic E-state index is -0.0217. The Kier molecular flexibility index (Phi) is 5.28. The lowest BCUT2D eigenvalue weighted by Crippen LogP contribution is -2.47. The fourth-order valence-corrected chi connectivity index (χ4v) is 3.97. The van der Waals surface area contributed by atoms with E-state index in [2.05, 4.69) is 32.1 Å². The van der Waals surface area contributed by atoms with Gasteiger partial charge in [0.15, 0.2) is 5.65 Å². The summed E-state index contributed by atoms with van der Waals surface area (Å²) < 4.78 is 5.50. The Morgan fingerprint density at radius 1 is 1.00 bits per heavy atom. The maximum absolute atomic E-state index is 12.8. The summed E-state index contributed by atoms with van der Waals surface area (Å²) in [7, 11) is 3.72. The van der Waals surface area contributed by atoms with Crippen LogP contribution < -0.4 is 4.74 Å². The van der Waals surface area contributed by atoms with Crippen molar-refractivity contribution in [1.82, 2.24) is 30.0 Å². The van der Waals surface area contributed by atoms with E-state index in [4.69, 9.17) is 4.74 Å². The van der Waals surface area contributed by atoms with E-state index >= 15 is 0 Å². The molecule has 1 amide bonds. The molecule has 1 N–H and O–H groups in total. The number of fused-ring (bicyclic) bond motifs is 1. The van der Waals surface area contributed by atoms with E-state index in [9.17, 15) is 4.79 Å². The van der Waals surface area contributed by atoms with Crippen molar-refractivity contribution in [3.05, 3.63) is 60.6 Å². The quantitative estimate of drug-likeness (QED) is 0.538. The fourth-order valence-electron chi connectivity index (χ4n) is 3.97. The lowest BCUT2D eigenvalue weighted by atomic mass is 10.0. The first-order valence-electron chi connectivity index (χ1n) is 10.6. The lowest BCUT2D eigenvalue weighted by Gasteiger charge is -2.32. The molecule has 1 saturated heterocycles. The predicted molar refractivity (Wildman–Crippen MR) is 123 cm³/mol. The Bertz CT molecular complexity index is 1260. The molecule has 162 valence electrons. The monoisotopic (exact) mass is 428 g/mol. The molecule has 0 unspecified atom stereocenters. The van der Waals surface area contributed by atoms with Crippen molar-refractivity contribution in [3.8, 4) is 28.1 Å². The number of methoxy groups -OCH3 is 1. The fraction of sp³-hybridized carbons (Fsp3) is 0.250. The van der Waals surface area contributed by atoms with Crippen LogP contribution >= 0.6 is 0 Å². The Labute approximate surface area is 185 Å². The number of benzene rings is 1. The largest absolute Gasteiger partial charge is 0.496 e. The van der Waals surface area contributed by atoms with E-state index in [-0.39, 0.29) is 5.91 Å². The molecule has 0 aliphatic carbocycles. The smallest absolute Gasteiger partial charge is 0.272 e. The second kappa shape index (κ2) is 8.39. The van der Waals surface area contributed by atoms with E-state index < -0.39 is 0 Å². The van der Waals surface area contributed by atoms with Crippen LogP contribution in [0.3, 0.4) is 0 Å². The van der Waals surface area contributed by atoms with E-state index in [1.54, 1.807) is 25.6 Å². The van der Waals surface area contributed by atoms with Crippen molar-refractivity contribution in [1.29, 1.82) is 0 Å². The molecule has 4 heterocycles. The van der Waals surface area contributed by atoms with Crippen LogP contribution in [0.5, 0.6) is 5.75 Å². The number of hydrogen-bond donors (Lipinski definition) is 1. The van der Waals surface area contributed by atoms with Crippen LogP contribution in [-0.4, -0.2) is 76.2 Å². The summed E-state index contributed by atoms with van der Waals surface area (Å²) in [6.45, 7) is 3.22. The van der Waals surface area contributed by atoms with Gasteiger partial charge in [-0.2, -0.15) is 5.10 Å². The maximum Gasteiger partial charge on any atom is 0.272 e. The van der Waals surface area contributed by atoms with Crippen LogP contribution in [0, 0.1) is 0 Å².